The lowest BCUT2D eigenvalue weighted by Gasteiger charge is -2.18. The summed E-state index contributed by atoms with van der Waals surface area (Å²) in [5.41, 5.74) is 5.81. The zero-order valence-electron chi connectivity index (χ0n) is 7.80. The molecule has 5 heteroatoms. The molecular weight excluding hydrogens is 198 g/mol. The van der Waals surface area contributed by atoms with Crippen LogP contribution in [0.4, 0.5) is 5.82 Å². The van der Waals surface area contributed by atoms with Crippen LogP contribution in [0.5, 0.6) is 5.75 Å². The van der Waals surface area contributed by atoms with Gasteiger partial charge >= 0.3 is 0 Å². The highest BCUT2D eigenvalue weighted by molar-refractivity contribution is 7.80. The number of nitrogens with zero attached hydrogens (tertiary/aromatic N) is 2. The number of hydrogen-bond donors (Lipinski definition) is 1. The molecule has 1 aromatic heterocycles. The van der Waals surface area contributed by atoms with Crippen LogP contribution in [0.1, 0.15) is 0 Å². The molecule has 2 heterocycles. The molecule has 0 bridgehead atoms. The third kappa shape index (κ3) is 1.44. The van der Waals surface area contributed by atoms with E-state index in [1.165, 1.54) is 0 Å². The van der Waals surface area contributed by atoms with E-state index in [1.54, 1.807) is 11.1 Å². The number of nitrogens with two attached hydrogens (primary N) is 1. The first kappa shape index (κ1) is 9.36. The van der Waals surface area contributed by atoms with E-state index in [2.05, 4.69) is 4.98 Å². The average Bonchev–Trinajstić information content (AvgIpc) is 2.32. The minimum Gasteiger partial charge on any atom is -0.488 e. The van der Waals surface area contributed by atoms with Crippen molar-refractivity contribution < 1.29 is 4.74 Å². The van der Waals surface area contributed by atoms with Gasteiger partial charge in [0.1, 0.15) is 11.6 Å². The summed E-state index contributed by atoms with van der Waals surface area (Å²) >= 11 is 5.19. The summed E-state index contributed by atoms with van der Waals surface area (Å²) in [7, 11) is 1.85. The molecule has 1 aliphatic heterocycles. The molecule has 0 spiro atoms. The molecule has 2 N–H and O–H groups in total. The smallest absolute Gasteiger partial charge is 0.176 e. The fourth-order valence-electron chi connectivity index (χ4n) is 1.35. The number of rotatable bonds is 0. The third-order valence-corrected chi connectivity index (χ3v) is 2.71. The first-order valence-corrected chi connectivity index (χ1v) is 4.72. The highest BCUT2D eigenvalue weighted by atomic mass is 32.1. The zero-order chi connectivity index (χ0) is 10.1. The maximum atomic E-state index is 5.81. The van der Waals surface area contributed by atoms with Crippen molar-refractivity contribution in [3.63, 3.8) is 0 Å². The number of ether oxygens (including phenoxy) is 1. The Bertz CT molecular complexity index is 369. The average molecular weight is 209 g/mol. The predicted molar refractivity (Wildman–Crippen MR) is 58.7 cm³/mol. The zero-order valence-corrected chi connectivity index (χ0v) is 8.62. The van der Waals surface area contributed by atoms with Crippen LogP contribution in [0.3, 0.4) is 0 Å². The monoisotopic (exact) mass is 209 g/mol. The highest BCUT2D eigenvalue weighted by Crippen LogP contribution is 2.27. The van der Waals surface area contributed by atoms with Crippen LogP contribution < -0.4 is 15.4 Å². The van der Waals surface area contributed by atoms with E-state index in [-0.39, 0.29) is 6.04 Å². The Labute approximate surface area is 87.7 Å². The summed E-state index contributed by atoms with van der Waals surface area (Å²) in [6.45, 7) is 0.405. The highest BCUT2D eigenvalue weighted by Gasteiger charge is 2.23. The van der Waals surface area contributed by atoms with Crippen molar-refractivity contribution in [3.05, 3.63) is 18.3 Å². The Morgan fingerprint density at radius 3 is 3.29 bits per heavy atom. The van der Waals surface area contributed by atoms with Gasteiger partial charge in [0, 0.05) is 13.2 Å². The van der Waals surface area contributed by atoms with Gasteiger partial charge in [-0.3, -0.25) is 0 Å². The summed E-state index contributed by atoms with van der Waals surface area (Å²) < 4.78 is 5.48. The van der Waals surface area contributed by atoms with Crippen molar-refractivity contribution in [2.45, 2.75) is 6.04 Å². The second-order valence-electron chi connectivity index (χ2n) is 3.14. The van der Waals surface area contributed by atoms with E-state index in [0.29, 0.717) is 11.6 Å². The summed E-state index contributed by atoms with van der Waals surface area (Å²) in [5.74, 6) is 1.45. The topological polar surface area (TPSA) is 51.4 Å². The first-order valence-electron chi connectivity index (χ1n) is 4.31. The van der Waals surface area contributed by atoms with E-state index >= 15 is 0 Å². The molecule has 74 valence electrons. The molecular formula is C9H11N3OS. The Morgan fingerprint density at radius 1 is 1.71 bits per heavy atom. The number of aromatic nitrogens is 1. The van der Waals surface area contributed by atoms with Crippen LogP contribution >= 0.6 is 12.2 Å². The van der Waals surface area contributed by atoms with Gasteiger partial charge in [-0.2, -0.15) is 0 Å². The van der Waals surface area contributed by atoms with E-state index < -0.39 is 0 Å². The normalized spacial score (nSPS) is 21.1. The molecule has 2 rings (SSSR count). The van der Waals surface area contributed by atoms with Gasteiger partial charge in [0.2, 0.25) is 0 Å². The van der Waals surface area contributed by atoms with Gasteiger partial charge in [0.15, 0.2) is 11.6 Å². The molecule has 1 atom stereocenters. The number of likely N-dealkylation sites (N-methyl/N-ethyl adjacent to an activating group) is 1. The molecule has 0 aromatic carbocycles. The van der Waals surface area contributed by atoms with Gasteiger partial charge < -0.3 is 15.4 Å². The first-order chi connectivity index (χ1) is 6.70. The fraction of sp³-hybridized carbons (Fsp3) is 0.333. The lowest BCUT2D eigenvalue weighted by atomic mass is 10.3. The molecule has 0 aliphatic carbocycles. The molecule has 1 aromatic rings. The van der Waals surface area contributed by atoms with Crippen molar-refractivity contribution >= 4 is 23.0 Å². The standard InChI is InChI=1S/C9H11N3OS/c1-12-8-7(3-2-4-11-8)13-5-6(10)9(12)14/h2-4,6H,5,10H2,1H3/t6-/m0/s1. The van der Waals surface area contributed by atoms with Crippen molar-refractivity contribution in [2.24, 2.45) is 5.73 Å². The molecule has 0 saturated heterocycles. The summed E-state index contributed by atoms with van der Waals surface area (Å²) in [6.07, 6.45) is 1.71. The van der Waals surface area contributed by atoms with Crippen molar-refractivity contribution in [1.82, 2.24) is 4.98 Å². The van der Waals surface area contributed by atoms with E-state index in [1.807, 2.05) is 19.2 Å². The van der Waals surface area contributed by atoms with Crippen LogP contribution in [0.15, 0.2) is 18.3 Å². The lowest BCUT2D eigenvalue weighted by molar-refractivity contribution is 0.317. The summed E-state index contributed by atoms with van der Waals surface area (Å²) in [5, 5.41) is 0. The van der Waals surface area contributed by atoms with Crippen molar-refractivity contribution in [2.75, 3.05) is 18.6 Å². The summed E-state index contributed by atoms with van der Waals surface area (Å²) in [4.78, 5) is 6.65. The van der Waals surface area contributed by atoms with Crippen LogP contribution in [-0.2, 0) is 0 Å². The second kappa shape index (κ2) is 3.51. The van der Waals surface area contributed by atoms with E-state index in [0.717, 1.165) is 11.6 Å². The van der Waals surface area contributed by atoms with Gasteiger partial charge in [-0.1, -0.05) is 12.2 Å². The largest absolute Gasteiger partial charge is 0.488 e. The molecule has 0 unspecified atom stereocenters. The molecule has 14 heavy (non-hydrogen) atoms. The van der Waals surface area contributed by atoms with Gasteiger partial charge in [-0.15, -0.1) is 0 Å². The van der Waals surface area contributed by atoms with Crippen molar-refractivity contribution in [3.8, 4) is 5.75 Å². The number of hydrogen-bond acceptors (Lipinski definition) is 4. The quantitative estimate of drug-likeness (QED) is 0.633. The Hall–Kier alpha value is -1.20. The van der Waals surface area contributed by atoms with Crippen LogP contribution in [0.25, 0.3) is 0 Å². The molecule has 0 saturated carbocycles. The Balaban J connectivity index is 2.45. The van der Waals surface area contributed by atoms with Gasteiger partial charge in [0.05, 0.1) is 6.04 Å². The molecule has 0 amide bonds. The van der Waals surface area contributed by atoms with E-state index in [4.69, 9.17) is 22.7 Å². The van der Waals surface area contributed by atoms with E-state index in [9.17, 15) is 0 Å². The van der Waals surface area contributed by atoms with Gasteiger partial charge in [0.25, 0.3) is 0 Å². The Morgan fingerprint density at radius 2 is 2.50 bits per heavy atom. The molecule has 0 fully saturated rings. The minimum atomic E-state index is -0.246. The maximum absolute atomic E-state index is 5.81. The van der Waals surface area contributed by atoms with Gasteiger partial charge in [-0.25, -0.2) is 4.98 Å². The number of pyridine rings is 1. The van der Waals surface area contributed by atoms with Crippen molar-refractivity contribution in [1.29, 1.82) is 0 Å². The fourth-order valence-corrected chi connectivity index (χ4v) is 1.51. The summed E-state index contributed by atoms with van der Waals surface area (Å²) in [6, 6.07) is 3.44. The maximum Gasteiger partial charge on any atom is 0.176 e. The lowest BCUT2D eigenvalue weighted by Crippen LogP contribution is -2.42. The minimum absolute atomic E-state index is 0.246. The third-order valence-electron chi connectivity index (χ3n) is 2.13. The molecule has 0 radical (unpaired) electrons. The predicted octanol–water partition coefficient (Wildman–Crippen LogP) is 0.565. The molecule has 4 nitrogen and oxygen atoms in total. The number of anilines is 1. The van der Waals surface area contributed by atoms with Crippen LogP contribution in [0, 0.1) is 0 Å². The second-order valence-corrected chi connectivity index (χ2v) is 3.56. The van der Waals surface area contributed by atoms with Gasteiger partial charge in [-0.05, 0) is 12.1 Å². The Kier molecular flexibility index (Phi) is 2.35. The number of thiocarbonyl (C=S) groups is 1. The van der Waals surface area contributed by atoms with Crippen LogP contribution in [-0.4, -0.2) is 29.7 Å². The van der Waals surface area contributed by atoms with Crippen LogP contribution in [0.2, 0.25) is 0 Å². The molecule has 1 aliphatic rings. The number of fused-ring (bicyclic) bond motifs is 1. The SMILES string of the molecule is CN1C(=S)[C@@H](N)COc2cccnc21.